The molecule has 0 spiro atoms. The Kier molecular flexibility index (Phi) is 23.6. The highest BCUT2D eigenvalue weighted by Crippen LogP contribution is 2.49. The van der Waals surface area contributed by atoms with E-state index < -0.39 is 10.1 Å². The maximum Gasteiger partial charge on any atom is 0.248 e. The number of hydrogen-bond donors (Lipinski definition) is 1. The van der Waals surface area contributed by atoms with Crippen LogP contribution in [0.1, 0.15) is 140 Å². The first-order valence-corrected chi connectivity index (χ1v) is 40.3. The van der Waals surface area contributed by atoms with Gasteiger partial charge in [-0.25, -0.2) is 13.3 Å². The van der Waals surface area contributed by atoms with Crippen molar-refractivity contribution in [3.63, 3.8) is 0 Å². The molecule has 1 heterocycles. The summed E-state index contributed by atoms with van der Waals surface area (Å²) in [5.41, 5.74) is 15.9. The fourth-order valence-corrected chi connectivity index (χ4v) is 16.1. The number of nitrogens with zero attached hydrogens (tertiary/aromatic N) is 3. The number of anilines is 3. The van der Waals surface area contributed by atoms with Crippen molar-refractivity contribution in [2.45, 2.75) is 172 Å². The minimum absolute atomic E-state index is 0.0942. The van der Waals surface area contributed by atoms with Crippen molar-refractivity contribution in [1.82, 2.24) is 10.2 Å². The van der Waals surface area contributed by atoms with Crippen LogP contribution in [0.5, 0.6) is 28.7 Å². The summed E-state index contributed by atoms with van der Waals surface area (Å²) in [7, 11) is -2.75. The van der Waals surface area contributed by atoms with Crippen LogP contribution in [0.3, 0.4) is 0 Å². The van der Waals surface area contributed by atoms with E-state index in [1.54, 1.807) is 19.2 Å². The monoisotopic (exact) mass is 1550 g/mol. The highest BCUT2D eigenvalue weighted by molar-refractivity contribution is 9.10. The Hall–Kier alpha value is -9.03. The number of halogens is 2. The van der Waals surface area contributed by atoms with Gasteiger partial charge in [0.1, 0.15) is 55.9 Å². The minimum atomic E-state index is -4.47. The summed E-state index contributed by atoms with van der Waals surface area (Å²) < 4.78 is 76.4. The van der Waals surface area contributed by atoms with Crippen molar-refractivity contribution in [3.8, 4) is 85.0 Å². The molecule has 15 rings (SSSR count). The Bertz CT molecular complexity index is 4760. The zero-order chi connectivity index (χ0) is 72.2. The molecule has 1 unspecified atom stereocenters. The Morgan fingerprint density at radius 2 is 0.819 bits per heavy atom. The summed E-state index contributed by atoms with van der Waals surface area (Å²) in [5.74, 6) is 5.18. The predicted molar refractivity (Wildman–Crippen MR) is 425 cm³/mol. The molecule has 0 aliphatic heterocycles. The second-order valence-electron chi connectivity index (χ2n) is 28.3. The third-order valence-electron chi connectivity index (χ3n) is 20.8. The van der Waals surface area contributed by atoms with Crippen LogP contribution in [-0.2, 0) is 10.1 Å². The van der Waals surface area contributed by atoms with E-state index in [4.69, 9.17) is 33.2 Å². The van der Waals surface area contributed by atoms with Crippen molar-refractivity contribution >= 4 is 76.1 Å². The highest BCUT2D eigenvalue weighted by atomic mass is 79.9. The normalized spacial score (nSPS) is 15.8. The summed E-state index contributed by atoms with van der Waals surface area (Å²) >= 11 is 6.84. The van der Waals surface area contributed by atoms with Crippen molar-refractivity contribution in [3.05, 3.63) is 238 Å². The molecule has 0 bridgehead atoms. The number of ether oxygens (including phenoxy) is 5. The van der Waals surface area contributed by atoms with E-state index >= 15 is 0 Å². The fourth-order valence-electron chi connectivity index (χ4n) is 15.1. The van der Waals surface area contributed by atoms with E-state index in [9.17, 15) is 13.0 Å². The molecular weight excluding hydrogens is 1460 g/mol. The number of hydrogen-bond acceptors (Lipinski definition) is 12. The van der Waals surface area contributed by atoms with Crippen LogP contribution in [0.4, 0.5) is 34.1 Å². The lowest BCUT2D eigenvalue weighted by atomic mass is 9.91. The number of quaternary nitrogens is 1. The number of benzene rings is 10. The molecule has 1 aromatic heterocycles. The minimum Gasteiger partial charge on any atom is -0.744 e. The summed E-state index contributed by atoms with van der Waals surface area (Å²) in [6.07, 6.45) is 23.2. The Morgan fingerprint density at radius 3 is 1.30 bits per heavy atom. The fraction of sp³-hybridized carbons (Fsp3) is 0.303. The standard InChI is InChI=1S/C71H77N3O6.C18H13Br2NO3S/c1-48-29-34-53(35-30-48)74(55-38-40-56(75-3)41-39-55)54-36-31-50(32-37-54)62-45-69(79-60-27-17-8-18-28-60)63(46-68(62)78-59-25-15-7-16-26-59)52-33-42-61(65(44-52)71-73-72-70(80-71)51-19-9-4-10-20-51)64-47-66(76-57-21-11-5-12-22-57)49(2)43-67(64)77-58-23-13-6-14-24-58;19-13-1-5-15(6-2-13)21(16-7-3-14(20)4-8-16)17-9-11-18(12-10-17)25(22,23)24/h4,9-10,19-20,29-47,57-60H,5-8,11-18,21-28H2,1-3H3;1-12H,(H,22,23,24). The number of aromatic nitrogens is 2. The first kappa shape index (κ1) is 72.9. The molecular formula is C89H90Br2N4O9S. The average molecular weight is 1550 g/mol. The highest BCUT2D eigenvalue weighted by Gasteiger charge is 2.29. The molecule has 11 aromatic rings. The second kappa shape index (κ2) is 34.0. The zero-order valence-electron chi connectivity index (χ0n) is 59.9. The lowest BCUT2D eigenvalue weighted by Gasteiger charge is -2.28. The van der Waals surface area contributed by atoms with Gasteiger partial charge in [0.25, 0.3) is 0 Å². The van der Waals surface area contributed by atoms with Gasteiger partial charge in [-0.3, -0.25) is 0 Å². The van der Waals surface area contributed by atoms with Crippen molar-refractivity contribution in [2.75, 3.05) is 12.0 Å². The lowest BCUT2D eigenvalue weighted by molar-refractivity contribution is -0.681. The van der Waals surface area contributed by atoms with Crippen LogP contribution in [0.15, 0.2) is 237 Å². The summed E-state index contributed by atoms with van der Waals surface area (Å²) in [6.45, 7) is 4.30. The van der Waals surface area contributed by atoms with E-state index in [2.05, 4.69) is 154 Å². The van der Waals surface area contributed by atoms with Gasteiger partial charge >= 0.3 is 0 Å². The number of aryl methyl sites for hydroxylation is 2. The molecule has 105 heavy (non-hydrogen) atoms. The van der Waals surface area contributed by atoms with Crippen LogP contribution in [0.25, 0.3) is 56.3 Å². The Balaban J connectivity index is 0.000000313. The smallest absolute Gasteiger partial charge is 0.248 e. The topological polar surface area (TPSA) is 150 Å². The largest absolute Gasteiger partial charge is 0.744 e. The van der Waals surface area contributed by atoms with Crippen LogP contribution < -0.4 is 33.5 Å². The summed E-state index contributed by atoms with van der Waals surface area (Å²) in [4.78, 5) is 2.89. The lowest BCUT2D eigenvalue weighted by Crippen LogP contribution is -2.96. The third kappa shape index (κ3) is 18.1. The van der Waals surface area contributed by atoms with Gasteiger partial charge in [-0.1, -0.05) is 106 Å². The van der Waals surface area contributed by atoms with Gasteiger partial charge in [0.15, 0.2) is 0 Å². The van der Waals surface area contributed by atoms with Crippen LogP contribution in [0, 0.1) is 13.8 Å². The molecule has 13 nitrogen and oxygen atoms in total. The van der Waals surface area contributed by atoms with Crippen molar-refractivity contribution < 1.29 is 46.0 Å². The van der Waals surface area contributed by atoms with Crippen LogP contribution >= 0.6 is 31.9 Å². The second-order valence-corrected chi connectivity index (χ2v) is 31.5. The number of nitrogens with one attached hydrogen (secondary N) is 1. The summed E-state index contributed by atoms with van der Waals surface area (Å²) in [6, 6.07) is 73.3. The summed E-state index contributed by atoms with van der Waals surface area (Å²) in [5, 5.41) is 9.53. The van der Waals surface area contributed by atoms with Gasteiger partial charge in [-0.05, 0) is 278 Å². The first-order chi connectivity index (χ1) is 51.2. The average Bonchev–Trinajstić information content (AvgIpc) is 1.70. The molecule has 1 N–H and O–H groups in total. The van der Waals surface area contributed by atoms with E-state index in [0.29, 0.717) is 11.8 Å². The molecule has 4 fully saturated rings. The number of rotatable bonds is 21. The molecule has 0 saturated heterocycles. The SMILES string of the molecule is COc1ccc([NH+](c2ccc(C)cc2)c2ccc(-c3cc(OC4CCCCC4)c(-c4ccc(-c5cc(OC6CCCCC6)c(C)cc5OC5CCCCC5)c(-c5nnc(-c6ccccc6)o5)c4)cc3OC3CCCCC3)cc2)cc1.O=S(=O)([O-])c1ccc(N(c2ccc(Br)cc2)c2ccc(Br)cc2)cc1. The van der Waals surface area contributed by atoms with E-state index in [-0.39, 0.29) is 29.3 Å². The van der Waals surface area contributed by atoms with E-state index in [0.717, 1.165) is 204 Å². The molecule has 10 aromatic carbocycles. The van der Waals surface area contributed by atoms with Crippen molar-refractivity contribution in [2.24, 2.45) is 0 Å². The molecule has 16 heteroatoms. The van der Waals surface area contributed by atoms with Crippen LogP contribution in [0.2, 0.25) is 0 Å². The first-order valence-electron chi connectivity index (χ1n) is 37.3. The predicted octanol–water partition coefficient (Wildman–Crippen LogP) is 23.6. The van der Waals surface area contributed by atoms with E-state index in [1.165, 1.54) is 69.1 Å². The Labute approximate surface area is 634 Å². The number of methoxy groups -OCH3 is 1. The van der Waals surface area contributed by atoms with Gasteiger partial charge in [0, 0.05) is 90.2 Å². The molecule has 4 aliphatic rings. The van der Waals surface area contributed by atoms with Gasteiger partial charge < -0.3 is 37.6 Å². The third-order valence-corrected chi connectivity index (χ3v) is 22.7. The van der Waals surface area contributed by atoms with Crippen LogP contribution in [-0.4, -0.2) is 54.7 Å². The van der Waals surface area contributed by atoms with E-state index in [1.807, 2.05) is 95.9 Å². The molecule has 0 radical (unpaired) electrons. The molecule has 1 atom stereocenters. The molecule has 4 aliphatic carbocycles. The Morgan fingerprint density at radius 1 is 0.410 bits per heavy atom. The van der Waals surface area contributed by atoms with Gasteiger partial charge in [-0.15, -0.1) is 10.2 Å². The van der Waals surface area contributed by atoms with Gasteiger partial charge in [0.05, 0.1) is 36.4 Å². The zero-order valence-corrected chi connectivity index (χ0v) is 63.9. The van der Waals surface area contributed by atoms with Gasteiger partial charge in [-0.2, -0.15) is 0 Å². The maximum absolute atomic E-state index is 11.1. The van der Waals surface area contributed by atoms with Crippen molar-refractivity contribution in [1.29, 1.82) is 0 Å². The maximum atomic E-state index is 11.1. The molecule has 4 saturated carbocycles. The van der Waals surface area contributed by atoms with Gasteiger partial charge in [0.2, 0.25) is 11.8 Å². The molecule has 0 amide bonds. The quantitative estimate of drug-likeness (QED) is 0.0682. The molecule has 540 valence electrons.